The van der Waals surface area contributed by atoms with Crippen LogP contribution in [0.5, 0.6) is 0 Å². The summed E-state index contributed by atoms with van der Waals surface area (Å²) in [5.41, 5.74) is 0.721. The Morgan fingerprint density at radius 3 is 2.84 bits per heavy atom. The van der Waals surface area contributed by atoms with Gasteiger partial charge in [0.05, 0.1) is 0 Å². The number of carboxylic acids is 1. The predicted molar refractivity (Wildman–Crippen MR) is 73.3 cm³/mol. The number of aromatic carboxylic acids is 1. The molecular formula is C14H21N3O2. The smallest absolute Gasteiger partial charge is 0.354 e. The summed E-state index contributed by atoms with van der Waals surface area (Å²) >= 11 is 0. The van der Waals surface area contributed by atoms with Crippen LogP contribution in [0.1, 0.15) is 48.8 Å². The Balaban J connectivity index is 2.00. The molecule has 2 atom stereocenters. The second-order valence-corrected chi connectivity index (χ2v) is 5.43. The highest BCUT2D eigenvalue weighted by molar-refractivity contribution is 5.85. The van der Waals surface area contributed by atoms with Crippen molar-refractivity contribution in [2.24, 2.45) is 11.8 Å². The van der Waals surface area contributed by atoms with Gasteiger partial charge in [0.2, 0.25) is 5.95 Å². The molecule has 0 radical (unpaired) electrons. The lowest BCUT2D eigenvalue weighted by molar-refractivity contribution is 0.0690. The van der Waals surface area contributed by atoms with Crippen LogP contribution in [-0.2, 0) is 0 Å². The first-order valence-corrected chi connectivity index (χ1v) is 6.89. The lowest BCUT2D eigenvalue weighted by Gasteiger charge is -2.28. The van der Waals surface area contributed by atoms with Gasteiger partial charge in [0.1, 0.15) is 0 Å². The van der Waals surface area contributed by atoms with Gasteiger partial charge in [-0.1, -0.05) is 26.2 Å². The fourth-order valence-corrected chi connectivity index (χ4v) is 2.68. The zero-order chi connectivity index (χ0) is 13.8. The summed E-state index contributed by atoms with van der Waals surface area (Å²) in [4.78, 5) is 19.2. The van der Waals surface area contributed by atoms with E-state index in [1.165, 1.54) is 31.7 Å². The number of aryl methyl sites for hydroxylation is 1. The van der Waals surface area contributed by atoms with E-state index in [-0.39, 0.29) is 5.69 Å². The topological polar surface area (TPSA) is 75.1 Å². The number of rotatable bonds is 4. The standard InChI is InChI=1S/C14H21N3O2/c1-9-5-3-4-6-11(9)8-15-14-16-10(2)7-12(17-14)13(18)19/h7,9,11H,3-6,8H2,1-2H3,(H,18,19)(H,15,16,17). The lowest BCUT2D eigenvalue weighted by Crippen LogP contribution is -2.25. The van der Waals surface area contributed by atoms with Crippen molar-refractivity contribution in [2.45, 2.75) is 39.5 Å². The van der Waals surface area contributed by atoms with Gasteiger partial charge in [-0.3, -0.25) is 0 Å². The molecule has 0 spiro atoms. The van der Waals surface area contributed by atoms with Gasteiger partial charge < -0.3 is 10.4 Å². The third-order valence-corrected chi connectivity index (χ3v) is 3.88. The summed E-state index contributed by atoms with van der Waals surface area (Å²) in [6.07, 6.45) is 5.11. The minimum Gasteiger partial charge on any atom is -0.477 e. The molecule has 1 heterocycles. The molecule has 104 valence electrons. The number of carbonyl (C=O) groups is 1. The molecule has 2 unspecified atom stereocenters. The van der Waals surface area contributed by atoms with E-state index in [0.717, 1.165) is 6.54 Å². The highest BCUT2D eigenvalue weighted by Gasteiger charge is 2.21. The van der Waals surface area contributed by atoms with Crippen molar-refractivity contribution >= 4 is 11.9 Å². The quantitative estimate of drug-likeness (QED) is 0.873. The maximum Gasteiger partial charge on any atom is 0.354 e. The van der Waals surface area contributed by atoms with E-state index in [1.807, 2.05) is 0 Å². The summed E-state index contributed by atoms with van der Waals surface area (Å²) in [5.74, 6) is 0.755. The number of nitrogens with one attached hydrogen (secondary N) is 1. The summed E-state index contributed by atoms with van der Waals surface area (Å²) in [6.45, 7) is 4.89. The van der Waals surface area contributed by atoms with E-state index in [2.05, 4.69) is 22.2 Å². The van der Waals surface area contributed by atoms with E-state index in [0.29, 0.717) is 23.5 Å². The molecule has 2 N–H and O–H groups in total. The van der Waals surface area contributed by atoms with Crippen LogP contribution in [0.25, 0.3) is 0 Å². The van der Waals surface area contributed by atoms with E-state index in [1.54, 1.807) is 6.92 Å². The zero-order valence-electron chi connectivity index (χ0n) is 11.5. The number of hydrogen-bond acceptors (Lipinski definition) is 4. The largest absolute Gasteiger partial charge is 0.477 e. The monoisotopic (exact) mass is 263 g/mol. The summed E-state index contributed by atoms with van der Waals surface area (Å²) in [6, 6.07) is 1.48. The fraction of sp³-hybridized carbons (Fsp3) is 0.643. The van der Waals surface area contributed by atoms with Crippen LogP contribution in [0.3, 0.4) is 0 Å². The lowest BCUT2D eigenvalue weighted by atomic mass is 9.80. The highest BCUT2D eigenvalue weighted by Crippen LogP contribution is 2.29. The van der Waals surface area contributed by atoms with E-state index >= 15 is 0 Å². The minimum atomic E-state index is -1.01. The normalized spacial score (nSPS) is 23.1. The first-order valence-electron chi connectivity index (χ1n) is 6.89. The first-order chi connectivity index (χ1) is 9.06. The third-order valence-electron chi connectivity index (χ3n) is 3.88. The Labute approximate surface area is 113 Å². The number of nitrogens with zero attached hydrogens (tertiary/aromatic N) is 2. The third kappa shape index (κ3) is 3.66. The molecule has 1 aliphatic rings. The van der Waals surface area contributed by atoms with Crippen LogP contribution < -0.4 is 5.32 Å². The summed E-state index contributed by atoms with van der Waals surface area (Å²) in [5, 5.41) is 12.2. The van der Waals surface area contributed by atoms with Gasteiger partial charge in [-0.15, -0.1) is 0 Å². The predicted octanol–water partition coefficient (Wildman–Crippen LogP) is 2.72. The van der Waals surface area contributed by atoms with E-state index < -0.39 is 5.97 Å². The Hall–Kier alpha value is -1.65. The Morgan fingerprint density at radius 1 is 1.42 bits per heavy atom. The van der Waals surface area contributed by atoms with Crippen LogP contribution in [0.4, 0.5) is 5.95 Å². The molecule has 19 heavy (non-hydrogen) atoms. The molecule has 0 aliphatic heterocycles. The van der Waals surface area contributed by atoms with Crippen molar-refractivity contribution in [3.05, 3.63) is 17.5 Å². The number of aromatic nitrogens is 2. The van der Waals surface area contributed by atoms with Crippen molar-refractivity contribution < 1.29 is 9.90 Å². The van der Waals surface area contributed by atoms with Crippen LogP contribution in [0.15, 0.2) is 6.07 Å². The second kappa shape index (κ2) is 5.99. The summed E-state index contributed by atoms with van der Waals surface area (Å²) in [7, 11) is 0. The highest BCUT2D eigenvalue weighted by atomic mass is 16.4. The van der Waals surface area contributed by atoms with E-state index in [9.17, 15) is 4.79 Å². The maximum atomic E-state index is 10.9. The van der Waals surface area contributed by atoms with Crippen LogP contribution >= 0.6 is 0 Å². The average Bonchev–Trinajstić information content (AvgIpc) is 2.37. The molecule has 1 aromatic rings. The maximum absolute atomic E-state index is 10.9. The number of carboxylic acid groups (broad SMARTS) is 1. The molecule has 0 saturated heterocycles. The molecular weight excluding hydrogens is 242 g/mol. The summed E-state index contributed by atoms with van der Waals surface area (Å²) < 4.78 is 0. The Kier molecular flexibility index (Phi) is 4.35. The van der Waals surface area contributed by atoms with Gasteiger partial charge in [-0.25, -0.2) is 14.8 Å². The molecule has 1 fully saturated rings. The molecule has 5 heteroatoms. The van der Waals surface area contributed by atoms with Gasteiger partial charge in [0.15, 0.2) is 5.69 Å². The molecule has 1 aromatic heterocycles. The van der Waals surface area contributed by atoms with Crippen LogP contribution in [0, 0.1) is 18.8 Å². The molecule has 0 amide bonds. The molecule has 2 rings (SSSR count). The molecule has 1 saturated carbocycles. The van der Waals surface area contributed by atoms with Crippen LogP contribution in [0.2, 0.25) is 0 Å². The van der Waals surface area contributed by atoms with Gasteiger partial charge in [-0.2, -0.15) is 0 Å². The van der Waals surface area contributed by atoms with Crippen molar-refractivity contribution in [2.75, 3.05) is 11.9 Å². The van der Waals surface area contributed by atoms with Gasteiger partial charge in [0, 0.05) is 12.2 Å². The molecule has 1 aliphatic carbocycles. The van der Waals surface area contributed by atoms with Crippen LogP contribution in [-0.4, -0.2) is 27.6 Å². The average molecular weight is 263 g/mol. The molecule has 0 aromatic carbocycles. The Morgan fingerprint density at radius 2 is 2.16 bits per heavy atom. The fourth-order valence-electron chi connectivity index (χ4n) is 2.68. The zero-order valence-corrected chi connectivity index (χ0v) is 11.5. The first kappa shape index (κ1) is 13.8. The van der Waals surface area contributed by atoms with Crippen molar-refractivity contribution in [3.63, 3.8) is 0 Å². The minimum absolute atomic E-state index is 0.0479. The Bertz CT molecular complexity index is 462. The molecule has 0 bridgehead atoms. The van der Waals surface area contributed by atoms with Gasteiger partial charge in [-0.05, 0) is 31.2 Å². The van der Waals surface area contributed by atoms with Crippen molar-refractivity contribution in [3.8, 4) is 0 Å². The molecule has 5 nitrogen and oxygen atoms in total. The second-order valence-electron chi connectivity index (χ2n) is 5.43. The van der Waals surface area contributed by atoms with Gasteiger partial charge >= 0.3 is 5.97 Å². The van der Waals surface area contributed by atoms with E-state index in [4.69, 9.17) is 5.11 Å². The van der Waals surface area contributed by atoms with Gasteiger partial charge in [0.25, 0.3) is 0 Å². The number of hydrogen-bond donors (Lipinski definition) is 2. The SMILES string of the molecule is Cc1cc(C(=O)O)nc(NCC2CCCCC2C)n1. The van der Waals surface area contributed by atoms with Crippen molar-refractivity contribution in [1.29, 1.82) is 0 Å². The number of anilines is 1. The van der Waals surface area contributed by atoms with Crippen molar-refractivity contribution in [1.82, 2.24) is 9.97 Å².